The van der Waals surface area contributed by atoms with E-state index in [4.69, 9.17) is 10.0 Å². The molecule has 72 valence electrons. The quantitative estimate of drug-likeness (QED) is 0.580. The average molecular weight is 202 g/mol. The third-order valence-corrected chi connectivity index (χ3v) is 3.39. The predicted octanol–water partition coefficient (Wildman–Crippen LogP) is -0.702. The Labute approximate surface area is 77.7 Å². The van der Waals surface area contributed by atoms with E-state index in [0.717, 1.165) is 6.26 Å². The van der Waals surface area contributed by atoms with Crippen molar-refractivity contribution in [1.29, 1.82) is 0 Å². The second-order valence-electron chi connectivity index (χ2n) is 3.04. The molecule has 0 bridgehead atoms. The summed E-state index contributed by atoms with van der Waals surface area (Å²) < 4.78 is 22.1. The van der Waals surface area contributed by atoms with Gasteiger partial charge in [0.25, 0.3) is 0 Å². The molecule has 0 saturated heterocycles. The molecule has 0 aromatic rings. The van der Waals surface area contributed by atoms with Crippen molar-refractivity contribution in [3.8, 4) is 0 Å². The smallest absolute Gasteiger partial charge is 0.423 e. The first-order chi connectivity index (χ1) is 5.91. The lowest BCUT2D eigenvalue weighted by molar-refractivity contribution is 0.420. The molecule has 0 radical (unpaired) electrons. The maximum absolute atomic E-state index is 11.1. The molecule has 1 atom stereocenters. The van der Waals surface area contributed by atoms with Crippen LogP contribution in [0.3, 0.4) is 0 Å². The second kappa shape index (κ2) is 3.65. The molecule has 1 unspecified atom stereocenters. The molecular weight excluding hydrogens is 191 g/mol. The third-order valence-electron chi connectivity index (χ3n) is 1.94. The van der Waals surface area contributed by atoms with Crippen LogP contribution in [-0.4, -0.2) is 37.1 Å². The molecule has 4 nitrogen and oxygen atoms in total. The molecule has 0 aliphatic heterocycles. The van der Waals surface area contributed by atoms with Crippen molar-refractivity contribution in [2.24, 2.45) is 0 Å². The van der Waals surface area contributed by atoms with E-state index in [9.17, 15) is 8.42 Å². The Morgan fingerprint density at radius 3 is 2.46 bits per heavy atom. The van der Waals surface area contributed by atoms with E-state index >= 15 is 0 Å². The minimum Gasteiger partial charge on any atom is -0.423 e. The second-order valence-corrected chi connectivity index (χ2v) is 5.31. The van der Waals surface area contributed by atoms with Gasteiger partial charge in [0.1, 0.15) is 0 Å². The highest BCUT2D eigenvalue weighted by Crippen LogP contribution is 2.16. The fourth-order valence-electron chi connectivity index (χ4n) is 1.13. The van der Waals surface area contributed by atoms with Gasteiger partial charge >= 0.3 is 7.12 Å². The van der Waals surface area contributed by atoms with E-state index in [2.05, 4.69) is 0 Å². The highest BCUT2D eigenvalue weighted by atomic mass is 32.2. The van der Waals surface area contributed by atoms with Gasteiger partial charge in [-0.2, -0.15) is 0 Å². The predicted molar refractivity (Wildman–Crippen MR) is 50.7 cm³/mol. The first-order valence-corrected chi connectivity index (χ1v) is 5.80. The highest BCUT2D eigenvalue weighted by molar-refractivity contribution is 7.91. The molecule has 1 aliphatic carbocycles. The van der Waals surface area contributed by atoms with Crippen LogP contribution in [0.25, 0.3) is 0 Å². The molecule has 1 rings (SSSR count). The van der Waals surface area contributed by atoms with Gasteiger partial charge in [-0.05, 0) is 11.9 Å². The van der Waals surface area contributed by atoms with Gasteiger partial charge in [0.2, 0.25) is 0 Å². The summed E-state index contributed by atoms with van der Waals surface area (Å²) in [5.41, 5.74) is 0.347. The number of hydrogen-bond donors (Lipinski definition) is 2. The average Bonchev–Trinajstić information content (AvgIpc) is 2.03. The van der Waals surface area contributed by atoms with Crippen LogP contribution in [0.1, 0.15) is 6.42 Å². The zero-order chi connectivity index (χ0) is 10.1. The van der Waals surface area contributed by atoms with Crippen molar-refractivity contribution in [2.45, 2.75) is 11.7 Å². The van der Waals surface area contributed by atoms with E-state index < -0.39 is 22.2 Å². The maximum atomic E-state index is 11.1. The van der Waals surface area contributed by atoms with Gasteiger partial charge in [-0.3, -0.25) is 0 Å². The molecule has 1 aliphatic rings. The first-order valence-electron chi connectivity index (χ1n) is 3.84. The standard InChI is InChI=1S/C7H11BO4S/c1-13(11,12)7-4-2-6(3-5-7)8(9)10/h2-4,7,9-10H,5H2,1H3. The maximum Gasteiger partial charge on any atom is 0.488 e. The Morgan fingerprint density at radius 2 is 2.15 bits per heavy atom. The summed E-state index contributed by atoms with van der Waals surface area (Å²) in [6.07, 6.45) is 5.90. The van der Waals surface area contributed by atoms with Crippen molar-refractivity contribution in [3.05, 3.63) is 23.7 Å². The van der Waals surface area contributed by atoms with Crippen LogP contribution in [0, 0.1) is 0 Å². The molecule has 2 N–H and O–H groups in total. The van der Waals surface area contributed by atoms with Gasteiger partial charge in [0.05, 0.1) is 5.25 Å². The van der Waals surface area contributed by atoms with Gasteiger partial charge in [-0.25, -0.2) is 8.42 Å². The van der Waals surface area contributed by atoms with E-state index in [1.54, 1.807) is 0 Å². The summed E-state index contributed by atoms with van der Waals surface area (Å²) in [4.78, 5) is 0. The van der Waals surface area contributed by atoms with Crippen molar-refractivity contribution in [3.63, 3.8) is 0 Å². The lowest BCUT2D eigenvalue weighted by atomic mass is 9.77. The Morgan fingerprint density at radius 1 is 1.54 bits per heavy atom. The molecule has 0 saturated carbocycles. The minimum atomic E-state index is -3.07. The SMILES string of the molecule is CS(=O)(=O)C1C=CC(B(O)O)=CC1. The summed E-state index contributed by atoms with van der Waals surface area (Å²) >= 11 is 0. The molecular formula is C7H11BO4S. The number of hydrogen-bond acceptors (Lipinski definition) is 4. The summed E-state index contributed by atoms with van der Waals surface area (Å²) in [7, 11) is -4.59. The Bertz CT molecular complexity index is 342. The highest BCUT2D eigenvalue weighted by Gasteiger charge is 2.22. The summed E-state index contributed by atoms with van der Waals surface area (Å²) in [5.74, 6) is 0. The number of rotatable bonds is 2. The molecule has 0 spiro atoms. The van der Waals surface area contributed by atoms with E-state index in [1.807, 2.05) is 0 Å². The van der Waals surface area contributed by atoms with Crippen molar-refractivity contribution < 1.29 is 18.5 Å². The van der Waals surface area contributed by atoms with Crippen molar-refractivity contribution >= 4 is 17.0 Å². The summed E-state index contributed by atoms with van der Waals surface area (Å²) in [6.45, 7) is 0. The monoisotopic (exact) mass is 202 g/mol. The Hall–Kier alpha value is -0.585. The van der Waals surface area contributed by atoms with E-state index in [1.165, 1.54) is 18.2 Å². The van der Waals surface area contributed by atoms with Crippen molar-refractivity contribution in [1.82, 2.24) is 0 Å². The molecule has 0 amide bonds. The van der Waals surface area contributed by atoms with Gasteiger partial charge in [-0.1, -0.05) is 18.2 Å². The van der Waals surface area contributed by atoms with Crippen LogP contribution in [0.2, 0.25) is 0 Å². The lowest BCUT2D eigenvalue weighted by Gasteiger charge is -2.13. The minimum absolute atomic E-state index is 0.308. The molecule has 0 fully saturated rings. The summed E-state index contributed by atoms with van der Waals surface area (Å²) in [5, 5.41) is 17.0. The third kappa shape index (κ3) is 2.68. The van der Waals surface area contributed by atoms with Crippen LogP contribution in [0.4, 0.5) is 0 Å². The number of allylic oxidation sites excluding steroid dienone is 3. The number of sulfone groups is 1. The Balaban J connectivity index is 2.75. The molecule has 0 aromatic carbocycles. The van der Waals surface area contributed by atoms with E-state index in [-0.39, 0.29) is 0 Å². The van der Waals surface area contributed by atoms with Crippen LogP contribution in [-0.2, 0) is 9.84 Å². The van der Waals surface area contributed by atoms with Gasteiger partial charge in [0.15, 0.2) is 9.84 Å². The normalized spacial score (nSPS) is 22.7. The zero-order valence-electron chi connectivity index (χ0n) is 7.21. The first kappa shape index (κ1) is 10.5. The lowest BCUT2D eigenvalue weighted by Crippen LogP contribution is -2.22. The summed E-state index contributed by atoms with van der Waals surface area (Å²) in [6, 6.07) is 0. The molecule has 13 heavy (non-hydrogen) atoms. The van der Waals surface area contributed by atoms with Crippen LogP contribution >= 0.6 is 0 Å². The van der Waals surface area contributed by atoms with E-state index in [0.29, 0.717) is 11.9 Å². The topological polar surface area (TPSA) is 74.6 Å². The molecule has 6 heteroatoms. The van der Waals surface area contributed by atoms with Crippen LogP contribution in [0.5, 0.6) is 0 Å². The molecule has 0 aromatic heterocycles. The fraction of sp³-hybridized carbons (Fsp3) is 0.429. The Kier molecular flexibility index (Phi) is 2.95. The van der Waals surface area contributed by atoms with Crippen molar-refractivity contribution in [2.75, 3.05) is 6.26 Å². The zero-order valence-corrected chi connectivity index (χ0v) is 8.03. The van der Waals surface area contributed by atoms with Crippen LogP contribution in [0.15, 0.2) is 23.7 Å². The van der Waals surface area contributed by atoms with Gasteiger partial charge < -0.3 is 10.0 Å². The fourth-order valence-corrected chi connectivity index (χ4v) is 1.94. The molecule has 0 heterocycles. The largest absolute Gasteiger partial charge is 0.488 e. The van der Waals surface area contributed by atoms with Gasteiger partial charge in [0, 0.05) is 6.26 Å². The van der Waals surface area contributed by atoms with Crippen LogP contribution < -0.4 is 0 Å². The van der Waals surface area contributed by atoms with Gasteiger partial charge in [-0.15, -0.1) is 0 Å².